The maximum Gasteiger partial charge on any atom is 0.177 e. The molecule has 0 saturated heterocycles. The summed E-state index contributed by atoms with van der Waals surface area (Å²) in [6.45, 7) is 6.07. The second kappa shape index (κ2) is 4.35. The maximum absolute atomic E-state index is 4.23. The van der Waals surface area contributed by atoms with Gasteiger partial charge in [0.25, 0.3) is 0 Å². The van der Waals surface area contributed by atoms with Crippen LogP contribution in [0.4, 0.5) is 0 Å². The summed E-state index contributed by atoms with van der Waals surface area (Å²) in [7, 11) is 0. The van der Waals surface area contributed by atoms with Crippen molar-refractivity contribution in [1.82, 2.24) is 25.1 Å². The number of nitrogens with one attached hydrogen (secondary N) is 1. The van der Waals surface area contributed by atoms with Crippen LogP contribution in [-0.2, 0) is 0 Å². The highest BCUT2D eigenvalue weighted by Gasteiger charge is 2.12. The van der Waals surface area contributed by atoms with Crippen molar-refractivity contribution < 1.29 is 0 Å². The summed E-state index contributed by atoms with van der Waals surface area (Å²) >= 11 is 0. The van der Waals surface area contributed by atoms with E-state index in [2.05, 4.69) is 34.5 Å². The van der Waals surface area contributed by atoms with E-state index in [1.165, 1.54) is 0 Å². The molecule has 5 heteroatoms. The van der Waals surface area contributed by atoms with Gasteiger partial charge in [-0.05, 0) is 18.7 Å². The third-order valence-electron chi connectivity index (χ3n) is 2.34. The molecule has 80 valence electrons. The van der Waals surface area contributed by atoms with E-state index in [1.807, 2.05) is 12.1 Å². The van der Waals surface area contributed by atoms with Crippen LogP contribution in [0, 0.1) is 0 Å². The number of hydrogen-bond donors (Lipinski definition) is 1. The van der Waals surface area contributed by atoms with Gasteiger partial charge in [-0.1, -0.05) is 13.8 Å². The van der Waals surface area contributed by atoms with E-state index in [1.54, 1.807) is 10.7 Å². The van der Waals surface area contributed by atoms with Crippen LogP contribution in [0.5, 0.6) is 0 Å². The molecule has 5 nitrogen and oxygen atoms in total. The summed E-state index contributed by atoms with van der Waals surface area (Å²) in [5.74, 6) is 1.22. The SMILES string of the molecule is CCNCC(C)c1nnc2cccnn12. The predicted octanol–water partition coefficient (Wildman–Crippen LogP) is 0.837. The Morgan fingerprint density at radius 3 is 3.13 bits per heavy atom. The Kier molecular flexibility index (Phi) is 2.91. The molecule has 0 spiro atoms. The third kappa shape index (κ3) is 1.97. The molecule has 0 radical (unpaired) electrons. The molecule has 1 unspecified atom stereocenters. The van der Waals surface area contributed by atoms with Gasteiger partial charge in [-0.25, -0.2) is 0 Å². The lowest BCUT2D eigenvalue weighted by atomic mass is 10.1. The molecule has 2 rings (SSSR count). The van der Waals surface area contributed by atoms with Gasteiger partial charge in [0.1, 0.15) is 0 Å². The molecule has 0 fully saturated rings. The number of nitrogens with zero attached hydrogens (tertiary/aromatic N) is 4. The lowest BCUT2D eigenvalue weighted by Crippen LogP contribution is -2.21. The number of likely N-dealkylation sites (N-methyl/N-ethyl adjacent to an activating group) is 1. The molecule has 2 aromatic heterocycles. The summed E-state index contributed by atoms with van der Waals surface area (Å²) in [6, 6.07) is 3.77. The van der Waals surface area contributed by atoms with E-state index in [0.29, 0.717) is 5.92 Å². The number of hydrogen-bond acceptors (Lipinski definition) is 4. The molecule has 0 amide bonds. The van der Waals surface area contributed by atoms with Crippen LogP contribution in [0.2, 0.25) is 0 Å². The van der Waals surface area contributed by atoms with Gasteiger partial charge in [0.05, 0.1) is 0 Å². The van der Waals surface area contributed by atoms with E-state index in [4.69, 9.17) is 0 Å². The van der Waals surface area contributed by atoms with Crippen molar-refractivity contribution in [3.05, 3.63) is 24.2 Å². The van der Waals surface area contributed by atoms with E-state index < -0.39 is 0 Å². The molecule has 0 aliphatic rings. The Hall–Kier alpha value is -1.49. The zero-order chi connectivity index (χ0) is 10.7. The molecule has 2 heterocycles. The standard InChI is InChI=1S/C10H15N5/c1-3-11-7-8(2)10-14-13-9-5-4-6-12-15(9)10/h4-6,8,11H,3,7H2,1-2H3. The molecule has 2 aromatic rings. The topological polar surface area (TPSA) is 55.1 Å². The average Bonchev–Trinajstić information content (AvgIpc) is 2.69. The van der Waals surface area contributed by atoms with Crippen molar-refractivity contribution in [2.75, 3.05) is 13.1 Å². The zero-order valence-electron chi connectivity index (χ0n) is 9.01. The number of rotatable bonds is 4. The fourth-order valence-corrected chi connectivity index (χ4v) is 1.52. The van der Waals surface area contributed by atoms with Gasteiger partial charge in [-0.15, -0.1) is 10.2 Å². The third-order valence-corrected chi connectivity index (χ3v) is 2.34. The predicted molar refractivity (Wildman–Crippen MR) is 57.7 cm³/mol. The van der Waals surface area contributed by atoms with Crippen LogP contribution in [0.15, 0.2) is 18.3 Å². The average molecular weight is 205 g/mol. The first-order chi connectivity index (χ1) is 7.33. The van der Waals surface area contributed by atoms with E-state index in [0.717, 1.165) is 24.6 Å². The summed E-state index contributed by atoms with van der Waals surface area (Å²) in [5.41, 5.74) is 0.802. The molecule has 0 aliphatic carbocycles. The Bertz CT molecular complexity index is 436. The first-order valence-corrected chi connectivity index (χ1v) is 5.20. The summed E-state index contributed by atoms with van der Waals surface area (Å²) in [5, 5.41) is 15.8. The minimum atomic E-state index is 0.315. The van der Waals surface area contributed by atoms with Gasteiger partial charge in [0.15, 0.2) is 11.5 Å². The van der Waals surface area contributed by atoms with Crippen LogP contribution in [0.1, 0.15) is 25.6 Å². The highest BCUT2D eigenvalue weighted by atomic mass is 15.4. The molecule has 15 heavy (non-hydrogen) atoms. The van der Waals surface area contributed by atoms with E-state index in [9.17, 15) is 0 Å². The van der Waals surface area contributed by atoms with Crippen molar-refractivity contribution in [3.8, 4) is 0 Å². The van der Waals surface area contributed by atoms with Gasteiger partial charge in [0.2, 0.25) is 0 Å². The van der Waals surface area contributed by atoms with E-state index in [-0.39, 0.29) is 0 Å². The Morgan fingerprint density at radius 2 is 2.33 bits per heavy atom. The molecule has 0 aliphatic heterocycles. The van der Waals surface area contributed by atoms with Crippen molar-refractivity contribution in [2.24, 2.45) is 0 Å². The maximum atomic E-state index is 4.23. The molecule has 0 bridgehead atoms. The summed E-state index contributed by atoms with van der Waals surface area (Å²) in [6.07, 6.45) is 1.75. The van der Waals surface area contributed by atoms with Crippen molar-refractivity contribution >= 4 is 5.65 Å². The molecular weight excluding hydrogens is 190 g/mol. The Labute approximate surface area is 88.5 Å². The van der Waals surface area contributed by atoms with Crippen LogP contribution in [0.3, 0.4) is 0 Å². The van der Waals surface area contributed by atoms with Gasteiger partial charge in [0, 0.05) is 18.7 Å². The van der Waals surface area contributed by atoms with Crippen LogP contribution in [0.25, 0.3) is 5.65 Å². The monoisotopic (exact) mass is 205 g/mol. The van der Waals surface area contributed by atoms with Crippen LogP contribution < -0.4 is 5.32 Å². The zero-order valence-corrected chi connectivity index (χ0v) is 9.01. The minimum Gasteiger partial charge on any atom is -0.316 e. The summed E-state index contributed by atoms with van der Waals surface area (Å²) < 4.78 is 1.79. The van der Waals surface area contributed by atoms with Crippen LogP contribution in [-0.4, -0.2) is 32.9 Å². The summed E-state index contributed by atoms with van der Waals surface area (Å²) in [4.78, 5) is 0. The van der Waals surface area contributed by atoms with Crippen molar-refractivity contribution in [2.45, 2.75) is 19.8 Å². The molecule has 0 aromatic carbocycles. The number of fused-ring (bicyclic) bond motifs is 1. The normalized spacial score (nSPS) is 13.2. The van der Waals surface area contributed by atoms with Gasteiger partial charge in [-0.3, -0.25) is 0 Å². The first-order valence-electron chi connectivity index (χ1n) is 5.20. The van der Waals surface area contributed by atoms with Crippen LogP contribution >= 0.6 is 0 Å². The first kappa shape index (κ1) is 10.0. The van der Waals surface area contributed by atoms with Gasteiger partial charge < -0.3 is 5.32 Å². The molecule has 1 N–H and O–H groups in total. The van der Waals surface area contributed by atoms with Gasteiger partial charge in [-0.2, -0.15) is 9.61 Å². The van der Waals surface area contributed by atoms with Crippen molar-refractivity contribution in [3.63, 3.8) is 0 Å². The fraction of sp³-hybridized carbons (Fsp3) is 0.500. The number of aromatic nitrogens is 4. The Morgan fingerprint density at radius 1 is 1.47 bits per heavy atom. The lowest BCUT2D eigenvalue weighted by molar-refractivity contribution is 0.593. The molecule has 1 atom stereocenters. The fourth-order valence-electron chi connectivity index (χ4n) is 1.52. The quantitative estimate of drug-likeness (QED) is 0.803. The Balaban J connectivity index is 2.27. The largest absolute Gasteiger partial charge is 0.316 e. The van der Waals surface area contributed by atoms with E-state index >= 15 is 0 Å². The second-order valence-electron chi connectivity index (χ2n) is 3.56. The highest BCUT2D eigenvalue weighted by molar-refractivity contribution is 5.35. The molecular formula is C10H15N5. The molecule has 0 saturated carbocycles. The highest BCUT2D eigenvalue weighted by Crippen LogP contribution is 2.11. The minimum absolute atomic E-state index is 0.315. The van der Waals surface area contributed by atoms with Crippen molar-refractivity contribution in [1.29, 1.82) is 0 Å². The lowest BCUT2D eigenvalue weighted by Gasteiger charge is -2.08. The smallest absolute Gasteiger partial charge is 0.177 e. The van der Waals surface area contributed by atoms with Gasteiger partial charge >= 0.3 is 0 Å². The second-order valence-corrected chi connectivity index (χ2v) is 3.56.